The first kappa shape index (κ1) is 34.1. The Morgan fingerprint density at radius 2 is 1.83 bits per heavy atom. The first-order valence-corrected chi connectivity index (χ1v) is 15.5. The van der Waals surface area contributed by atoms with Crippen LogP contribution in [0.15, 0.2) is 89.4 Å². The number of anilines is 1. The van der Waals surface area contributed by atoms with Gasteiger partial charge in [-0.25, -0.2) is 9.67 Å². The van der Waals surface area contributed by atoms with Crippen molar-refractivity contribution in [3.8, 4) is 17.5 Å². The van der Waals surface area contributed by atoms with E-state index < -0.39 is 5.91 Å². The second-order valence-corrected chi connectivity index (χ2v) is 10.6. The number of likely N-dealkylation sites (N-methyl/N-ethyl adjacent to an activating group) is 1. The average molecular weight is 632 g/mol. The maximum Gasteiger partial charge on any atom is 0.264 e. The van der Waals surface area contributed by atoms with Gasteiger partial charge in [-0.05, 0) is 49.2 Å². The predicted octanol–water partition coefficient (Wildman–Crippen LogP) is 4.48. The summed E-state index contributed by atoms with van der Waals surface area (Å²) < 4.78 is 5.12. The molecule has 0 radical (unpaired) electrons. The lowest BCUT2D eigenvalue weighted by Crippen LogP contribution is -2.27. The van der Waals surface area contributed by atoms with Crippen LogP contribution >= 0.6 is 0 Å². The fourth-order valence-corrected chi connectivity index (χ4v) is 5.16. The normalized spacial score (nSPS) is 10.9. The number of aliphatic imine (C=N–C) groups is 1. The van der Waals surface area contributed by atoms with Gasteiger partial charge in [0.15, 0.2) is 11.6 Å². The Kier molecular flexibility index (Phi) is 11.6. The predicted molar refractivity (Wildman–Crippen MR) is 189 cm³/mol. The highest BCUT2D eigenvalue weighted by atomic mass is 16.1. The Bertz CT molecular complexity index is 2000. The summed E-state index contributed by atoms with van der Waals surface area (Å²) in [6.07, 6.45) is 7.44. The van der Waals surface area contributed by atoms with Crippen LogP contribution in [0.4, 0.5) is 11.6 Å². The molecule has 0 bridgehead atoms. The van der Waals surface area contributed by atoms with E-state index in [1.165, 1.54) is 17.0 Å². The molecule has 5 rings (SSSR count). The molecule has 0 fully saturated rings. The van der Waals surface area contributed by atoms with Gasteiger partial charge in [-0.15, -0.1) is 0 Å². The second-order valence-electron chi connectivity index (χ2n) is 10.6. The van der Waals surface area contributed by atoms with Crippen molar-refractivity contribution in [2.75, 3.05) is 25.4 Å². The van der Waals surface area contributed by atoms with Crippen molar-refractivity contribution >= 4 is 34.5 Å². The van der Waals surface area contributed by atoms with Gasteiger partial charge < -0.3 is 16.4 Å². The molecule has 3 heterocycles. The Labute approximate surface area is 274 Å². The summed E-state index contributed by atoms with van der Waals surface area (Å²) >= 11 is 0. The fourth-order valence-electron chi connectivity index (χ4n) is 5.16. The topological polar surface area (TPSA) is 142 Å². The number of benzene rings is 2. The third-order valence-corrected chi connectivity index (χ3v) is 7.61. The number of carbonyl (C=O) groups is 1. The first-order valence-electron chi connectivity index (χ1n) is 15.5. The van der Waals surface area contributed by atoms with Crippen LogP contribution in [0.25, 0.3) is 16.5 Å². The molecule has 0 saturated carbocycles. The standard InChI is InChI=1S/C28H30N4O.C8H11N5O/c1-4-25-19-24-12-10-11-23(27(24)28(33)32(25)26-13-8-7-9-14-26)16-15-22-20-29-31(21-22)18-17-30(5-2)6-3;1-3-4-11-8-5(7(10)14)6(9)12-13(8)2/h7-14,19-21H,4-6,17-18H2,1-3H3;3-4H,1H2,2H3,(H2,9,12)(H2,10,14)/b;11-4-. The molecule has 11 heteroatoms. The third-order valence-electron chi connectivity index (χ3n) is 7.61. The van der Waals surface area contributed by atoms with Crippen molar-refractivity contribution in [2.45, 2.75) is 33.7 Å². The van der Waals surface area contributed by atoms with Gasteiger partial charge in [-0.1, -0.05) is 75.6 Å². The number of nitrogen functional groups attached to an aromatic ring is 1. The number of carbonyl (C=O) groups excluding carboxylic acids is 1. The van der Waals surface area contributed by atoms with Crippen LogP contribution in [0, 0.1) is 11.8 Å². The number of hydrogen-bond acceptors (Lipinski definition) is 7. The molecule has 0 aliphatic carbocycles. The number of aromatic nitrogens is 5. The highest BCUT2D eigenvalue weighted by molar-refractivity contribution is 6.02. The van der Waals surface area contributed by atoms with Crippen molar-refractivity contribution in [1.29, 1.82) is 0 Å². The Morgan fingerprint density at radius 3 is 2.49 bits per heavy atom. The lowest BCUT2D eigenvalue weighted by molar-refractivity contribution is 0.100. The first-order chi connectivity index (χ1) is 22.7. The molecule has 0 aliphatic rings. The number of aryl methyl sites for hydroxylation is 2. The molecule has 0 unspecified atom stereocenters. The van der Waals surface area contributed by atoms with Gasteiger partial charge >= 0.3 is 0 Å². The lowest BCUT2D eigenvalue weighted by Gasteiger charge is -2.17. The molecule has 11 nitrogen and oxygen atoms in total. The van der Waals surface area contributed by atoms with Crippen molar-refractivity contribution in [3.63, 3.8) is 0 Å². The highest BCUT2D eigenvalue weighted by Gasteiger charge is 2.17. The number of para-hydroxylation sites is 1. The van der Waals surface area contributed by atoms with E-state index in [9.17, 15) is 9.59 Å². The van der Waals surface area contributed by atoms with Crippen LogP contribution in [-0.2, 0) is 20.0 Å². The summed E-state index contributed by atoms with van der Waals surface area (Å²) in [5.74, 6) is 6.21. The van der Waals surface area contributed by atoms with Crippen molar-refractivity contribution in [1.82, 2.24) is 29.0 Å². The number of hydrogen-bond donors (Lipinski definition) is 2. The molecule has 5 aromatic rings. The van der Waals surface area contributed by atoms with Gasteiger partial charge in [0, 0.05) is 42.9 Å². The average Bonchev–Trinajstić information content (AvgIpc) is 3.65. The van der Waals surface area contributed by atoms with Crippen LogP contribution in [0.5, 0.6) is 0 Å². The summed E-state index contributed by atoms with van der Waals surface area (Å²) in [7, 11) is 1.62. The molecule has 0 saturated heterocycles. The molecule has 4 N–H and O–H groups in total. The molecule has 2 aromatic carbocycles. The van der Waals surface area contributed by atoms with Gasteiger partial charge in [0.2, 0.25) is 0 Å². The minimum Gasteiger partial charge on any atom is -0.381 e. The summed E-state index contributed by atoms with van der Waals surface area (Å²) in [4.78, 5) is 30.9. The summed E-state index contributed by atoms with van der Waals surface area (Å²) in [6.45, 7) is 13.7. The monoisotopic (exact) mass is 631 g/mol. The van der Waals surface area contributed by atoms with E-state index in [0.717, 1.165) is 60.5 Å². The lowest BCUT2D eigenvalue weighted by atomic mass is 10.0. The smallest absolute Gasteiger partial charge is 0.264 e. The SMILES string of the molecule is C=C/C=N\c1c(C(N)=O)c(N)nn1C.CCc1cc2cccc(C#Cc3cnn(CCN(CC)CC)c3)c2c(=O)n1-c1ccccc1. The number of nitrogens with zero attached hydrogens (tertiary/aromatic N) is 7. The van der Waals surface area contributed by atoms with E-state index in [1.54, 1.807) is 17.8 Å². The van der Waals surface area contributed by atoms with Crippen LogP contribution < -0.4 is 17.0 Å². The van der Waals surface area contributed by atoms with Gasteiger partial charge in [-0.2, -0.15) is 10.2 Å². The van der Waals surface area contributed by atoms with Crippen molar-refractivity contribution in [3.05, 3.63) is 112 Å². The summed E-state index contributed by atoms with van der Waals surface area (Å²) in [5.41, 5.74) is 14.2. The van der Waals surface area contributed by atoms with E-state index >= 15 is 0 Å². The van der Waals surface area contributed by atoms with Crippen LogP contribution in [0.3, 0.4) is 0 Å². The summed E-state index contributed by atoms with van der Waals surface area (Å²) in [6, 6.07) is 17.8. The number of fused-ring (bicyclic) bond motifs is 1. The fraction of sp³-hybridized carbons (Fsp3) is 0.250. The molecular formula is C36H41N9O2. The second kappa shape index (κ2) is 16.0. The van der Waals surface area contributed by atoms with Crippen LogP contribution in [0.2, 0.25) is 0 Å². The van der Waals surface area contributed by atoms with Gasteiger partial charge in [0.05, 0.1) is 23.7 Å². The number of allylic oxidation sites excluding steroid dienone is 1. The van der Waals surface area contributed by atoms with Crippen molar-refractivity contribution in [2.24, 2.45) is 17.8 Å². The zero-order valence-corrected chi connectivity index (χ0v) is 27.3. The minimum absolute atomic E-state index is 0.0321. The van der Waals surface area contributed by atoms with E-state index in [2.05, 4.69) is 65.3 Å². The van der Waals surface area contributed by atoms with E-state index in [0.29, 0.717) is 11.2 Å². The molecule has 47 heavy (non-hydrogen) atoms. The molecular weight excluding hydrogens is 590 g/mol. The highest BCUT2D eigenvalue weighted by Crippen LogP contribution is 2.23. The van der Waals surface area contributed by atoms with Gasteiger partial charge in [-0.3, -0.25) is 18.8 Å². The molecule has 3 aromatic heterocycles. The zero-order valence-electron chi connectivity index (χ0n) is 27.3. The number of rotatable bonds is 10. The summed E-state index contributed by atoms with van der Waals surface area (Å²) in [5, 5.41) is 9.85. The number of primary amides is 1. The molecule has 0 aliphatic heterocycles. The molecule has 242 valence electrons. The Morgan fingerprint density at radius 1 is 1.09 bits per heavy atom. The molecule has 0 atom stereocenters. The van der Waals surface area contributed by atoms with Crippen LogP contribution in [-0.4, -0.2) is 60.8 Å². The number of nitrogens with two attached hydrogens (primary N) is 2. The minimum atomic E-state index is -0.646. The molecule has 0 spiro atoms. The quantitative estimate of drug-likeness (QED) is 0.172. The largest absolute Gasteiger partial charge is 0.381 e. The van der Waals surface area contributed by atoms with E-state index in [-0.39, 0.29) is 16.9 Å². The maximum atomic E-state index is 13.6. The maximum absolute atomic E-state index is 13.6. The van der Waals surface area contributed by atoms with Gasteiger partial charge in [0.1, 0.15) is 5.56 Å². The van der Waals surface area contributed by atoms with E-state index in [4.69, 9.17) is 11.5 Å². The Hall–Kier alpha value is -5.73. The Balaban J connectivity index is 0.000000300. The van der Waals surface area contributed by atoms with Crippen LogP contribution in [0.1, 0.15) is 48.0 Å². The zero-order chi connectivity index (χ0) is 33.9. The van der Waals surface area contributed by atoms with Crippen molar-refractivity contribution < 1.29 is 4.79 Å². The van der Waals surface area contributed by atoms with Gasteiger partial charge in [0.25, 0.3) is 11.5 Å². The van der Waals surface area contributed by atoms with E-state index in [1.807, 2.05) is 59.4 Å². The third kappa shape index (κ3) is 8.11. The molecule has 1 amide bonds. The number of amides is 1. The number of pyridine rings is 1.